The molecular formula is C24H27N5O4S2. The first kappa shape index (κ1) is 24.8. The van der Waals surface area contributed by atoms with Gasteiger partial charge in [0.15, 0.2) is 15.8 Å². The summed E-state index contributed by atoms with van der Waals surface area (Å²) < 4.78 is 11.1. The van der Waals surface area contributed by atoms with Gasteiger partial charge in [0.25, 0.3) is 0 Å². The molecule has 2 amide bonds. The number of piperazine rings is 1. The highest BCUT2D eigenvalue weighted by Crippen LogP contribution is 2.29. The summed E-state index contributed by atoms with van der Waals surface area (Å²) in [7, 11) is 3.12. The van der Waals surface area contributed by atoms with Crippen molar-refractivity contribution >= 4 is 45.7 Å². The number of thioether (sulfide) groups is 1. The maximum atomic E-state index is 12.7. The van der Waals surface area contributed by atoms with Gasteiger partial charge < -0.3 is 24.6 Å². The molecule has 2 heterocycles. The largest absolute Gasteiger partial charge is 0.493 e. The van der Waals surface area contributed by atoms with Crippen molar-refractivity contribution in [1.29, 1.82) is 0 Å². The highest BCUT2D eigenvalue weighted by atomic mass is 32.2. The number of nitrogens with one attached hydrogen (secondary N) is 1. The SMILES string of the molecule is COc1ccc(CC(=O)Nc2nnc(SCC(=O)N3CCN(c4ccccc4)CC3)s2)cc1OC. The fraction of sp³-hybridized carbons (Fsp3) is 0.333. The van der Waals surface area contributed by atoms with Crippen LogP contribution in [0.1, 0.15) is 5.56 Å². The first-order valence-corrected chi connectivity index (χ1v) is 12.9. The van der Waals surface area contributed by atoms with E-state index in [0.29, 0.717) is 39.8 Å². The average Bonchev–Trinajstić information content (AvgIpc) is 3.34. The highest BCUT2D eigenvalue weighted by Gasteiger charge is 2.22. The molecule has 0 aliphatic carbocycles. The number of rotatable bonds is 9. The van der Waals surface area contributed by atoms with E-state index in [-0.39, 0.29) is 18.2 Å². The van der Waals surface area contributed by atoms with Crippen LogP contribution in [-0.4, -0.2) is 73.1 Å². The first-order valence-electron chi connectivity index (χ1n) is 11.1. The fourth-order valence-corrected chi connectivity index (χ4v) is 5.40. The van der Waals surface area contributed by atoms with Crippen LogP contribution in [0.25, 0.3) is 0 Å². The summed E-state index contributed by atoms with van der Waals surface area (Å²) in [5.74, 6) is 1.34. The van der Waals surface area contributed by atoms with Crippen molar-refractivity contribution in [2.24, 2.45) is 0 Å². The van der Waals surface area contributed by atoms with E-state index in [4.69, 9.17) is 9.47 Å². The van der Waals surface area contributed by atoms with E-state index in [1.54, 1.807) is 26.4 Å². The highest BCUT2D eigenvalue weighted by molar-refractivity contribution is 8.01. The van der Waals surface area contributed by atoms with Crippen molar-refractivity contribution in [3.8, 4) is 11.5 Å². The standard InChI is InChI=1S/C24H27N5O4S2/c1-32-19-9-8-17(14-20(19)33-2)15-21(30)25-23-26-27-24(35-23)34-16-22(31)29-12-10-28(11-13-29)18-6-4-3-5-7-18/h3-9,14H,10-13,15-16H2,1-2H3,(H,25,26,30). The maximum Gasteiger partial charge on any atom is 0.233 e. The van der Waals surface area contributed by atoms with Gasteiger partial charge in [0.2, 0.25) is 16.9 Å². The molecule has 0 unspecified atom stereocenters. The molecule has 1 aliphatic heterocycles. The van der Waals surface area contributed by atoms with Crippen molar-refractivity contribution in [2.45, 2.75) is 10.8 Å². The first-order chi connectivity index (χ1) is 17.1. The topological polar surface area (TPSA) is 96.9 Å². The molecule has 4 rings (SSSR count). The van der Waals surface area contributed by atoms with Crippen molar-refractivity contribution in [3.63, 3.8) is 0 Å². The molecule has 1 aromatic heterocycles. The van der Waals surface area contributed by atoms with Crippen LogP contribution in [0, 0.1) is 0 Å². The minimum atomic E-state index is -0.211. The van der Waals surface area contributed by atoms with E-state index in [0.717, 1.165) is 18.7 Å². The number of amides is 2. The number of benzene rings is 2. The van der Waals surface area contributed by atoms with Gasteiger partial charge in [-0.25, -0.2) is 0 Å². The lowest BCUT2D eigenvalue weighted by Crippen LogP contribution is -2.49. The second-order valence-corrected chi connectivity index (χ2v) is 9.98. The summed E-state index contributed by atoms with van der Waals surface area (Å²) in [6.07, 6.45) is 0.163. The van der Waals surface area contributed by atoms with Crippen LogP contribution in [0.2, 0.25) is 0 Å². The fourth-order valence-electron chi connectivity index (χ4n) is 3.73. The van der Waals surface area contributed by atoms with Gasteiger partial charge in [-0.15, -0.1) is 10.2 Å². The monoisotopic (exact) mass is 513 g/mol. The molecule has 184 valence electrons. The molecule has 0 radical (unpaired) electrons. The van der Waals surface area contributed by atoms with Crippen LogP contribution in [-0.2, 0) is 16.0 Å². The lowest BCUT2D eigenvalue weighted by atomic mass is 10.1. The van der Waals surface area contributed by atoms with E-state index in [1.807, 2.05) is 29.2 Å². The van der Waals surface area contributed by atoms with Crippen molar-refractivity contribution in [2.75, 3.05) is 56.4 Å². The van der Waals surface area contributed by atoms with Crippen molar-refractivity contribution in [1.82, 2.24) is 15.1 Å². The Hall–Kier alpha value is -3.31. The quantitative estimate of drug-likeness (QED) is 0.344. The number of carbonyl (C=O) groups excluding carboxylic acids is 2. The summed E-state index contributed by atoms with van der Waals surface area (Å²) in [5, 5.41) is 11.3. The Morgan fingerprint density at radius 3 is 2.46 bits per heavy atom. The van der Waals surface area contributed by atoms with Gasteiger partial charge in [0.05, 0.1) is 26.4 Å². The zero-order valence-corrected chi connectivity index (χ0v) is 21.2. The number of methoxy groups -OCH3 is 2. The van der Waals surface area contributed by atoms with Gasteiger partial charge in [-0.3, -0.25) is 9.59 Å². The molecule has 1 fully saturated rings. The summed E-state index contributed by atoms with van der Waals surface area (Å²) in [6.45, 7) is 3.02. The van der Waals surface area contributed by atoms with E-state index in [2.05, 4.69) is 32.5 Å². The number of aromatic nitrogens is 2. The third-order valence-electron chi connectivity index (χ3n) is 5.54. The number of carbonyl (C=O) groups is 2. The van der Waals surface area contributed by atoms with Crippen LogP contribution in [0.15, 0.2) is 52.9 Å². The van der Waals surface area contributed by atoms with Crippen LogP contribution < -0.4 is 19.7 Å². The Morgan fingerprint density at radius 1 is 1.00 bits per heavy atom. The molecular weight excluding hydrogens is 486 g/mol. The summed E-state index contributed by atoms with van der Waals surface area (Å²) >= 11 is 2.60. The smallest absolute Gasteiger partial charge is 0.233 e. The van der Waals surface area contributed by atoms with E-state index in [1.165, 1.54) is 28.8 Å². The van der Waals surface area contributed by atoms with Gasteiger partial charge in [-0.1, -0.05) is 47.4 Å². The number of para-hydroxylation sites is 1. The molecule has 0 bridgehead atoms. The normalized spacial score (nSPS) is 13.4. The second-order valence-electron chi connectivity index (χ2n) is 7.78. The molecule has 1 aliphatic rings. The Kier molecular flexibility index (Phi) is 8.43. The number of hydrogen-bond donors (Lipinski definition) is 1. The Labute approximate surface area is 212 Å². The average molecular weight is 514 g/mol. The van der Waals surface area contributed by atoms with Gasteiger partial charge in [0.1, 0.15) is 0 Å². The van der Waals surface area contributed by atoms with Gasteiger partial charge in [-0.05, 0) is 29.8 Å². The predicted octanol–water partition coefficient (Wildman–Crippen LogP) is 3.18. The van der Waals surface area contributed by atoms with E-state index in [9.17, 15) is 9.59 Å². The number of ether oxygens (including phenoxy) is 2. The second kappa shape index (κ2) is 11.9. The van der Waals surface area contributed by atoms with Crippen molar-refractivity contribution < 1.29 is 19.1 Å². The van der Waals surface area contributed by atoms with Crippen LogP contribution in [0.5, 0.6) is 11.5 Å². The predicted molar refractivity (Wildman–Crippen MR) is 138 cm³/mol. The molecule has 9 nitrogen and oxygen atoms in total. The molecule has 0 atom stereocenters. The van der Waals surface area contributed by atoms with Gasteiger partial charge >= 0.3 is 0 Å². The summed E-state index contributed by atoms with van der Waals surface area (Å²) in [6, 6.07) is 15.6. The maximum absolute atomic E-state index is 12.7. The zero-order valence-electron chi connectivity index (χ0n) is 19.6. The Bertz CT molecular complexity index is 1150. The lowest BCUT2D eigenvalue weighted by molar-refractivity contribution is -0.128. The molecule has 1 saturated heterocycles. The molecule has 0 spiro atoms. The van der Waals surface area contributed by atoms with E-state index < -0.39 is 0 Å². The molecule has 3 aromatic rings. The number of hydrogen-bond acceptors (Lipinski definition) is 9. The zero-order chi connectivity index (χ0) is 24.6. The number of anilines is 2. The minimum Gasteiger partial charge on any atom is -0.493 e. The minimum absolute atomic E-state index is 0.0805. The Morgan fingerprint density at radius 2 is 1.74 bits per heavy atom. The number of nitrogens with zero attached hydrogens (tertiary/aromatic N) is 4. The lowest BCUT2D eigenvalue weighted by Gasteiger charge is -2.36. The van der Waals surface area contributed by atoms with Crippen LogP contribution in [0.3, 0.4) is 0 Å². The van der Waals surface area contributed by atoms with Gasteiger partial charge in [-0.2, -0.15) is 0 Å². The van der Waals surface area contributed by atoms with Crippen LogP contribution in [0.4, 0.5) is 10.8 Å². The molecule has 0 saturated carbocycles. The summed E-state index contributed by atoms with van der Waals surface area (Å²) in [4.78, 5) is 29.3. The Balaban J connectivity index is 1.22. The molecule has 1 N–H and O–H groups in total. The van der Waals surface area contributed by atoms with Crippen molar-refractivity contribution in [3.05, 3.63) is 54.1 Å². The van der Waals surface area contributed by atoms with Crippen LogP contribution >= 0.6 is 23.1 Å². The molecule has 2 aromatic carbocycles. The summed E-state index contributed by atoms with van der Waals surface area (Å²) in [5.41, 5.74) is 1.97. The van der Waals surface area contributed by atoms with Gasteiger partial charge in [0, 0.05) is 31.9 Å². The molecule has 35 heavy (non-hydrogen) atoms. The van der Waals surface area contributed by atoms with E-state index >= 15 is 0 Å². The third kappa shape index (κ3) is 6.64. The third-order valence-corrected chi connectivity index (χ3v) is 7.50. The molecule has 11 heteroatoms.